The van der Waals surface area contributed by atoms with Crippen LogP contribution in [-0.4, -0.2) is 45.3 Å². The minimum Gasteiger partial charge on any atom is -0.545 e. The van der Waals surface area contributed by atoms with Gasteiger partial charge in [-0.25, -0.2) is 14.6 Å². The van der Waals surface area contributed by atoms with Crippen molar-refractivity contribution in [3.05, 3.63) is 59.4 Å². The second-order valence-electron chi connectivity index (χ2n) is 4.41. The summed E-state index contributed by atoms with van der Waals surface area (Å²) in [6.45, 7) is 0. The van der Waals surface area contributed by atoms with Crippen molar-refractivity contribution in [1.29, 1.82) is 0 Å². The predicted octanol–water partition coefficient (Wildman–Crippen LogP) is -2.37. The van der Waals surface area contributed by atoms with Gasteiger partial charge in [0.1, 0.15) is 0 Å². The van der Waals surface area contributed by atoms with Crippen LogP contribution in [0, 0.1) is 0 Å². The number of hydrogen-bond donors (Lipinski definition) is 4. The zero-order chi connectivity index (χ0) is 18.3. The molecule has 0 bridgehead atoms. The number of benzene rings is 1. The minimum atomic E-state index is -1.62. The molecule has 0 radical (unpaired) electrons. The summed E-state index contributed by atoms with van der Waals surface area (Å²) in [6, 6.07) is 5.88. The van der Waals surface area contributed by atoms with Gasteiger partial charge in [0.05, 0.1) is 17.1 Å². The van der Waals surface area contributed by atoms with Crippen LogP contribution < -0.4 is 15.6 Å². The van der Waals surface area contributed by atoms with Crippen LogP contribution in [0.25, 0.3) is 0 Å². The molecule has 0 aliphatic heterocycles. The van der Waals surface area contributed by atoms with Gasteiger partial charge in [-0.3, -0.25) is 0 Å². The highest BCUT2D eigenvalue weighted by atomic mass is 16.4. The lowest BCUT2D eigenvalue weighted by atomic mass is 9.82. The molecule has 5 N–H and O–H groups in total. The number of carbonyl (C=O) groups excluding carboxylic acids is 1. The van der Waals surface area contributed by atoms with Gasteiger partial charge in [0.2, 0.25) is 0 Å². The normalized spacial score (nSPS) is 9.42. The smallest absolute Gasteiger partial charge is 0.494 e. The molecular weight excluding hydrogens is 321 g/mol. The largest absolute Gasteiger partial charge is 0.545 e. The molecule has 0 spiro atoms. The van der Waals surface area contributed by atoms with Crippen molar-refractivity contribution in [2.45, 2.75) is 0 Å². The third-order valence-electron chi connectivity index (χ3n) is 2.69. The van der Waals surface area contributed by atoms with E-state index in [1.165, 1.54) is 6.20 Å². The van der Waals surface area contributed by atoms with Crippen LogP contribution in [0.4, 0.5) is 0 Å². The van der Waals surface area contributed by atoms with Crippen LogP contribution >= 0.6 is 0 Å². The Hall–Kier alpha value is -3.24. The molecule has 124 valence electrons. The molecule has 0 unspecified atom stereocenters. The van der Waals surface area contributed by atoms with E-state index in [9.17, 15) is 19.5 Å². The van der Waals surface area contributed by atoms with Crippen LogP contribution in [-0.2, 0) is 0 Å². The summed E-state index contributed by atoms with van der Waals surface area (Å²) in [4.78, 5) is 34.3. The van der Waals surface area contributed by atoms with Gasteiger partial charge in [-0.05, 0) is 23.8 Å². The molecule has 24 heavy (non-hydrogen) atoms. The summed E-state index contributed by atoms with van der Waals surface area (Å²) in [6.07, 6.45) is 3.23. The molecule has 9 nitrogen and oxygen atoms in total. The van der Waals surface area contributed by atoms with E-state index in [4.69, 9.17) is 20.3 Å². The molecule has 1 aromatic carbocycles. The number of carboxylic acids is 3. The van der Waals surface area contributed by atoms with E-state index in [0.29, 0.717) is 5.46 Å². The third kappa shape index (κ3) is 5.52. The standard InChI is InChI=1S/C9H6O6.C5H6BNO2/c10-7(11)4-1-5(8(12)13)3-6(2-4)9(14)15;8-6(9)5-2-1-3-7-4-5/h1-3H,(H,10,11)(H,12,13)(H,14,15);1-4,8-9H. The van der Waals surface area contributed by atoms with Crippen LogP contribution in [0.1, 0.15) is 31.1 Å². The molecule has 0 amide bonds. The molecule has 2 rings (SSSR count). The highest BCUT2D eigenvalue weighted by Crippen LogP contribution is 2.10. The Morgan fingerprint density at radius 3 is 1.75 bits per heavy atom. The number of aromatic nitrogens is 1. The van der Waals surface area contributed by atoms with Crippen molar-refractivity contribution in [3.8, 4) is 0 Å². The number of H-pyrrole nitrogens is 1. The summed E-state index contributed by atoms with van der Waals surface area (Å²) in [7, 11) is -1.37. The number of rotatable bonds is 4. The summed E-state index contributed by atoms with van der Waals surface area (Å²) < 4.78 is 0. The number of pyridine rings is 1. The van der Waals surface area contributed by atoms with Gasteiger partial charge in [0.25, 0.3) is 0 Å². The fourth-order valence-corrected chi connectivity index (χ4v) is 1.56. The second-order valence-corrected chi connectivity index (χ2v) is 4.41. The highest BCUT2D eigenvalue weighted by Gasteiger charge is 2.12. The van der Waals surface area contributed by atoms with Gasteiger partial charge in [0.15, 0.2) is 12.4 Å². The Balaban J connectivity index is 0.000000272. The van der Waals surface area contributed by atoms with E-state index < -0.39 is 41.7 Å². The number of carboxylic acid groups (broad SMARTS) is 3. The maximum absolute atomic E-state index is 10.5. The van der Waals surface area contributed by atoms with E-state index in [2.05, 4.69) is 4.98 Å². The van der Waals surface area contributed by atoms with Crippen molar-refractivity contribution >= 4 is 30.5 Å². The van der Waals surface area contributed by atoms with E-state index >= 15 is 0 Å². The van der Waals surface area contributed by atoms with Crippen molar-refractivity contribution < 1.29 is 44.7 Å². The Labute approximate surface area is 135 Å². The maximum atomic E-state index is 10.5. The van der Waals surface area contributed by atoms with Gasteiger partial charge in [-0.2, -0.15) is 0 Å². The van der Waals surface area contributed by atoms with Crippen molar-refractivity contribution in [1.82, 2.24) is 0 Å². The molecular formula is C14H12BNO8. The fraction of sp³-hybridized carbons (Fsp3) is 0. The topological polar surface area (TPSA) is 169 Å². The van der Waals surface area contributed by atoms with Crippen LogP contribution in [0.3, 0.4) is 0 Å². The monoisotopic (exact) mass is 333 g/mol. The van der Waals surface area contributed by atoms with Crippen molar-refractivity contribution in [2.75, 3.05) is 0 Å². The summed E-state index contributed by atoms with van der Waals surface area (Å²) in [5.41, 5.74) is -0.826. The van der Waals surface area contributed by atoms with Gasteiger partial charge >= 0.3 is 19.1 Å². The minimum absolute atomic E-state index is 0.408. The Morgan fingerprint density at radius 1 is 0.958 bits per heavy atom. The first-order chi connectivity index (χ1) is 11.2. The van der Waals surface area contributed by atoms with E-state index in [0.717, 1.165) is 18.2 Å². The van der Waals surface area contributed by atoms with Gasteiger partial charge in [0, 0.05) is 11.5 Å². The Morgan fingerprint density at radius 2 is 1.46 bits per heavy atom. The lowest BCUT2D eigenvalue weighted by Gasteiger charge is -2.05. The number of aromatic amines is 1. The van der Waals surface area contributed by atoms with Crippen LogP contribution in [0.2, 0.25) is 0 Å². The molecule has 2 aromatic rings. The SMILES string of the molecule is O=C([O-])c1cc(C(=O)O)cc(C(=O)O)c1.OB(O)c1ccc[nH+]c1. The molecule has 0 fully saturated rings. The molecule has 0 atom stereocenters. The fourth-order valence-electron chi connectivity index (χ4n) is 1.56. The van der Waals surface area contributed by atoms with Crippen molar-refractivity contribution in [2.24, 2.45) is 0 Å². The average Bonchev–Trinajstić information content (AvgIpc) is 2.55. The second kappa shape index (κ2) is 8.41. The Bertz CT molecular complexity index is 669. The number of aromatic carboxylic acids is 3. The Kier molecular flexibility index (Phi) is 6.59. The average molecular weight is 333 g/mol. The summed E-state index contributed by atoms with van der Waals surface area (Å²) >= 11 is 0. The van der Waals surface area contributed by atoms with E-state index in [1.54, 1.807) is 18.3 Å². The van der Waals surface area contributed by atoms with Gasteiger partial charge in [-0.1, -0.05) is 6.07 Å². The van der Waals surface area contributed by atoms with Crippen molar-refractivity contribution in [3.63, 3.8) is 0 Å². The predicted molar refractivity (Wildman–Crippen MR) is 77.5 cm³/mol. The maximum Gasteiger partial charge on any atom is 0.494 e. The summed E-state index contributed by atoms with van der Waals surface area (Å²) in [5.74, 6) is -4.43. The zero-order valence-electron chi connectivity index (χ0n) is 12.0. The zero-order valence-corrected chi connectivity index (χ0v) is 12.0. The lowest BCUT2D eigenvalue weighted by Crippen LogP contribution is -2.32. The summed E-state index contributed by atoms with van der Waals surface area (Å²) in [5, 5.41) is 44.8. The number of nitrogens with one attached hydrogen (secondary N) is 1. The van der Waals surface area contributed by atoms with E-state index in [-0.39, 0.29) is 0 Å². The van der Waals surface area contributed by atoms with Crippen LogP contribution in [0.5, 0.6) is 0 Å². The molecule has 1 aromatic heterocycles. The number of hydrogen-bond acceptors (Lipinski definition) is 6. The molecule has 0 saturated carbocycles. The van der Waals surface area contributed by atoms with Gasteiger partial charge < -0.3 is 30.2 Å². The first kappa shape index (κ1) is 18.8. The molecule has 0 saturated heterocycles. The molecule has 10 heteroatoms. The quantitative estimate of drug-likeness (QED) is 0.450. The number of carbonyl (C=O) groups is 3. The van der Waals surface area contributed by atoms with Crippen LogP contribution in [0.15, 0.2) is 42.7 Å². The molecule has 0 aliphatic rings. The molecule has 1 heterocycles. The first-order valence-corrected chi connectivity index (χ1v) is 6.37. The third-order valence-corrected chi connectivity index (χ3v) is 2.69. The highest BCUT2D eigenvalue weighted by molar-refractivity contribution is 6.58. The first-order valence-electron chi connectivity index (χ1n) is 6.37. The molecule has 0 aliphatic carbocycles. The lowest BCUT2D eigenvalue weighted by molar-refractivity contribution is -0.376. The van der Waals surface area contributed by atoms with Gasteiger partial charge in [-0.15, -0.1) is 0 Å². The van der Waals surface area contributed by atoms with E-state index in [1.807, 2.05) is 0 Å².